The summed E-state index contributed by atoms with van der Waals surface area (Å²) in [4.78, 5) is 0. The molecule has 1 aromatic carbocycles. The highest BCUT2D eigenvalue weighted by molar-refractivity contribution is 9.11. The molecular weight excluding hydrogens is 426 g/mol. The van der Waals surface area contributed by atoms with Gasteiger partial charge >= 0.3 is 0 Å². The summed E-state index contributed by atoms with van der Waals surface area (Å²) >= 11 is 10.7. The molecular formula is C13H16Br3NO. The van der Waals surface area contributed by atoms with Gasteiger partial charge in [0.05, 0.1) is 17.8 Å². The highest BCUT2D eigenvalue weighted by Crippen LogP contribution is 2.36. The molecule has 100 valence electrons. The van der Waals surface area contributed by atoms with E-state index in [1.54, 1.807) is 7.11 Å². The number of benzene rings is 1. The molecule has 2 atom stereocenters. The average Bonchev–Trinajstić information content (AvgIpc) is 2.34. The third-order valence-corrected chi connectivity index (χ3v) is 5.05. The topological polar surface area (TPSA) is 21.3 Å². The standard InChI is InChI=1S/C13H16Br3NO/c1-18-12-5-3-2-4-11(12)17-13-9(15)6-8(14)7-10(13)16/h6-7,11-12,17H,2-5H2,1H3. The summed E-state index contributed by atoms with van der Waals surface area (Å²) in [6.45, 7) is 0. The second-order valence-corrected chi connectivity index (χ2v) is 7.18. The Morgan fingerprint density at radius 2 is 1.72 bits per heavy atom. The SMILES string of the molecule is COC1CCCCC1Nc1c(Br)cc(Br)cc1Br. The quantitative estimate of drug-likeness (QED) is 0.683. The van der Waals surface area contributed by atoms with E-state index in [9.17, 15) is 0 Å². The summed E-state index contributed by atoms with van der Waals surface area (Å²) in [6, 6.07) is 4.49. The van der Waals surface area contributed by atoms with Crippen LogP contribution in [0.1, 0.15) is 25.7 Å². The number of methoxy groups -OCH3 is 1. The van der Waals surface area contributed by atoms with Gasteiger partial charge in [-0.25, -0.2) is 0 Å². The smallest absolute Gasteiger partial charge is 0.0772 e. The van der Waals surface area contributed by atoms with Crippen LogP contribution in [0.25, 0.3) is 0 Å². The number of anilines is 1. The second kappa shape index (κ2) is 6.73. The number of rotatable bonds is 3. The zero-order valence-corrected chi connectivity index (χ0v) is 14.9. The first kappa shape index (κ1) is 14.8. The molecule has 0 bridgehead atoms. The van der Waals surface area contributed by atoms with E-state index >= 15 is 0 Å². The highest BCUT2D eigenvalue weighted by Gasteiger charge is 2.25. The van der Waals surface area contributed by atoms with E-state index in [1.165, 1.54) is 12.8 Å². The minimum Gasteiger partial charge on any atom is -0.379 e. The maximum atomic E-state index is 5.58. The molecule has 1 N–H and O–H groups in total. The molecule has 0 amide bonds. The Hall–Kier alpha value is 0.420. The van der Waals surface area contributed by atoms with Crippen molar-refractivity contribution in [3.8, 4) is 0 Å². The number of ether oxygens (including phenoxy) is 1. The molecule has 0 aromatic heterocycles. The van der Waals surface area contributed by atoms with Crippen molar-refractivity contribution in [1.29, 1.82) is 0 Å². The van der Waals surface area contributed by atoms with Crippen molar-refractivity contribution in [2.45, 2.75) is 37.8 Å². The number of halogens is 3. The summed E-state index contributed by atoms with van der Waals surface area (Å²) in [6.07, 6.45) is 5.14. The lowest BCUT2D eigenvalue weighted by molar-refractivity contribution is 0.0606. The lowest BCUT2D eigenvalue weighted by Crippen LogP contribution is -2.37. The number of hydrogen-bond acceptors (Lipinski definition) is 2. The predicted molar refractivity (Wildman–Crippen MR) is 86.2 cm³/mol. The summed E-state index contributed by atoms with van der Waals surface area (Å²) in [5.41, 5.74) is 1.10. The fourth-order valence-electron chi connectivity index (χ4n) is 2.41. The highest BCUT2D eigenvalue weighted by atomic mass is 79.9. The number of nitrogens with one attached hydrogen (secondary N) is 1. The van der Waals surface area contributed by atoms with Crippen LogP contribution in [0.2, 0.25) is 0 Å². The first-order chi connectivity index (χ1) is 8.61. The Bertz CT molecular complexity index is 402. The van der Waals surface area contributed by atoms with Gasteiger partial charge in [0.25, 0.3) is 0 Å². The Balaban J connectivity index is 2.17. The van der Waals surface area contributed by atoms with Crippen molar-refractivity contribution >= 4 is 53.5 Å². The molecule has 2 nitrogen and oxygen atoms in total. The van der Waals surface area contributed by atoms with Gasteiger partial charge < -0.3 is 10.1 Å². The van der Waals surface area contributed by atoms with Gasteiger partial charge in [-0.15, -0.1) is 0 Å². The first-order valence-corrected chi connectivity index (χ1v) is 8.43. The molecule has 0 radical (unpaired) electrons. The summed E-state index contributed by atoms with van der Waals surface area (Å²) in [5.74, 6) is 0. The van der Waals surface area contributed by atoms with Crippen molar-refractivity contribution in [3.05, 3.63) is 25.6 Å². The van der Waals surface area contributed by atoms with E-state index in [4.69, 9.17) is 4.74 Å². The normalized spacial score (nSPS) is 24.0. The molecule has 5 heteroatoms. The van der Waals surface area contributed by atoms with E-state index in [2.05, 4.69) is 65.2 Å². The fourth-order valence-corrected chi connectivity index (χ4v) is 4.90. The Morgan fingerprint density at radius 3 is 2.33 bits per heavy atom. The monoisotopic (exact) mass is 439 g/mol. The lowest BCUT2D eigenvalue weighted by Gasteiger charge is -2.32. The Kier molecular flexibility index (Phi) is 5.54. The molecule has 1 aliphatic carbocycles. The van der Waals surface area contributed by atoms with Crippen LogP contribution >= 0.6 is 47.8 Å². The average molecular weight is 442 g/mol. The molecule has 2 rings (SSSR count). The molecule has 1 saturated carbocycles. The molecule has 0 saturated heterocycles. The zero-order valence-electron chi connectivity index (χ0n) is 10.2. The van der Waals surface area contributed by atoms with E-state index < -0.39 is 0 Å². The minimum atomic E-state index is 0.307. The van der Waals surface area contributed by atoms with Crippen LogP contribution in [-0.4, -0.2) is 19.3 Å². The van der Waals surface area contributed by atoms with Crippen LogP contribution in [0, 0.1) is 0 Å². The lowest BCUT2D eigenvalue weighted by atomic mass is 9.92. The second-order valence-electron chi connectivity index (χ2n) is 4.55. The van der Waals surface area contributed by atoms with Gasteiger partial charge in [-0.3, -0.25) is 0 Å². The van der Waals surface area contributed by atoms with Gasteiger partial charge in [-0.05, 0) is 56.8 Å². The Morgan fingerprint density at radius 1 is 1.11 bits per heavy atom. The van der Waals surface area contributed by atoms with E-state index in [-0.39, 0.29) is 0 Å². The van der Waals surface area contributed by atoms with Crippen molar-refractivity contribution in [2.75, 3.05) is 12.4 Å². The van der Waals surface area contributed by atoms with Crippen molar-refractivity contribution < 1.29 is 4.74 Å². The van der Waals surface area contributed by atoms with Gasteiger partial charge in [0.15, 0.2) is 0 Å². The molecule has 0 aliphatic heterocycles. The molecule has 1 aromatic rings. The molecule has 18 heavy (non-hydrogen) atoms. The van der Waals surface area contributed by atoms with Crippen molar-refractivity contribution in [3.63, 3.8) is 0 Å². The maximum Gasteiger partial charge on any atom is 0.0772 e. The van der Waals surface area contributed by atoms with Gasteiger partial charge in [-0.1, -0.05) is 28.8 Å². The Labute approximate surface area is 133 Å². The summed E-state index contributed by atoms with van der Waals surface area (Å²) < 4.78 is 8.75. The minimum absolute atomic E-state index is 0.307. The molecule has 1 aliphatic rings. The third kappa shape index (κ3) is 3.50. The van der Waals surface area contributed by atoms with Gasteiger partial charge in [0.2, 0.25) is 0 Å². The zero-order chi connectivity index (χ0) is 13.1. The molecule has 1 fully saturated rings. The van der Waals surface area contributed by atoms with Crippen LogP contribution in [0.15, 0.2) is 25.6 Å². The van der Waals surface area contributed by atoms with E-state index in [0.29, 0.717) is 12.1 Å². The fraction of sp³-hybridized carbons (Fsp3) is 0.538. The molecule has 0 spiro atoms. The first-order valence-electron chi connectivity index (χ1n) is 6.05. The number of hydrogen-bond donors (Lipinski definition) is 1. The largest absolute Gasteiger partial charge is 0.379 e. The maximum absolute atomic E-state index is 5.58. The predicted octanol–water partition coefficient (Wildman–Crippen LogP) is 5.34. The van der Waals surface area contributed by atoms with E-state index in [0.717, 1.165) is 31.9 Å². The van der Waals surface area contributed by atoms with Crippen molar-refractivity contribution in [2.24, 2.45) is 0 Å². The van der Waals surface area contributed by atoms with Crippen LogP contribution < -0.4 is 5.32 Å². The molecule has 2 unspecified atom stereocenters. The van der Waals surface area contributed by atoms with Crippen LogP contribution in [0.3, 0.4) is 0 Å². The van der Waals surface area contributed by atoms with Crippen LogP contribution in [0.5, 0.6) is 0 Å². The van der Waals surface area contributed by atoms with Crippen LogP contribution in [-0.2, 0) is 4.74 Å². The van der Waals surface area contributed by atoms with Gasteiger partial charge in [0.1, 0.15) is 0 Å². The van der Waals surface area contributed by atoms with Crippen LogP contribution in [0.4, 0.5) is 5.69 Å². The van der Waals surface area contributed by atoms with Crippen molar-refractivity contribution in [1.82, 2.24) is 0 Å². The summed E-state index contributed by atoms with van der Waals surface area (Å²) in [7, 11) is 1.80. The van der Waals surface area contributed by atoms with Gasteiger partial charge in [-0.2, -0.15) is 0 Å². The summed E-state index contributed by atoms with van der Waals surface area (Å²) in [5, 5.41) is 3.61. The molecule has 0 heterocycles. The third-order valence-electron chi connectivity index (χ3n) is 3.34. The van der Waals surface area contributed by atoms with Gasteiger partial charge in [0, 0.05) is 20.5 Å². The van der Waals surface area contributed by atoms with E-state index in [1.807, 2.05) is 0 Å².